The topological polar surface area (TPSA) is 88.7 Å². The number of aromatic nitrogens is 1. The number of benzene rings is 2. The van der Waals surface area contributed by atoms with Crippen LogP contribution < -0.4 is 0 Å². The molecule has 176 valence electrons. The zero-order valence-electron chi connectivity index (χ0n) is 18.6. The quantitative estimate of drug-likeness (QED) is 0.488. The average molecular weight is 529 g/mol. The molecule has 0 fully saturated rings. The lowest BCUT2D eigenvalue weighted by Crippen LogP contribution is -2.43. The highest BCUT2D eigenvalue weighted by Gasteiger charge is 2.37. The number of hydrogen-bond donors (Lipinski definition) is 1. The zero-order valence-corrected chi connectivity index (χ0v) is 20.1. The van der Waals surface area contributed by atoms with E-state index in [0.29, 0.717) is 11.3 Å². The van der Waals surface area contributed by atoms with Gasteiger partial charge in [-0.05, 0) is 55.8 Å². The standard InChI is InChI=1S/C25H22BrFN2O5/c1-3-33-24(31)19-13-29(23(30)14-5-8-16(27)9-6-14)21(25(32)34-4-2)12-18-17-10-7-15(26)11-20(17)28-22(18)19/h5-11,13,21,28H,3-4,12H2,1-2H3. The van der Waals surface area contributed by atoms with Gasteiger partial charge in [-0.25, -0.2) is 14.0 Å². The van der Waals surface area contributed by atoms with E-state index in [1.807, 2.05) is 18.2 Å². The Kier molecular flexibility index (Phi) is 6.83. The van der Waals surface area contributed by atoms with Crippen LogP contribution in [0.4, 0.5) is 4.39 Å². The number of carbonyl (C=O) groups is 3. The van der Waals surface area contributed by atoms with Gasteiger partial charge in [-0.3, -0.25) is 9.69 Å². The second-order valence-corrected chi connectivity index (χ2v) is 8.54. The molecule has 1 aliphatic rings. The van der Waals surface area contributed by atoms with Gasteiger partial charge in [0.15, 0.2) is 0 Å². The van der Waals surface area contributed by atoms with Gasteiger partial charge in [0.25, 0.3) is 5.91 Å². The number of aromatic amines is 1. The Morgan fingerprint density at radius 3 is 2.47 bits per heavy atom. The molecule has 1 unspecified atom stereocenters. The summed E-state index contributed by atoms with van der Waals surface area (Å²) in [5.41, 5.74) is 2.18. The fourth-order valence-corrected chi connectivity index (χ4v) is 4.36. The van der Waals surface area contributed by atoms with Crippen molar-refractivity contribution in [2.24, 2.45) is 0 Å². The molecule has 0 saturated heterocycles. The van der Waals surface area contributed by atoms with Crippen molar-refractivity contribution >= 4 is 50.3 Å². The van der Waals surface area contributed by atoms with Gasteiger partial charge >= 0.3 is 11.9 Å². The number of esters is 2. The lowest BCUT2D eigenvalue weighted by atomic mass is 10.0. The molecule has 3 aromatic rings. The predicted octanol–water partition coefficient (Wildman–Crippen LogP) is 4.60. The lowest BCUT2D eigenvalue weighted by molar-refractivity contribution is -0.147. The highest BCUT2D eigenvalue weighted by atomic mass is 79.9. The van der Waals surface area contributed by atoms with Crippen LogP contribution in [0.5, 0.6) is 0 Å². The van der Waals surface area contributed by atoms with Crippen LogP contribution in [-0.4, -0.2) is 47.0 Å². The molecule has 9 heteroatoms. The lowest BCUT2D eigenvalue weighted by Gasteiger charge is -2.26. The number of H-pyrrole nitrogens is 1. The van der Waals surface area contributed by atoms with Crippen molar-refractivity contribution in [2.75, 3.05) is 13.2 Å². The molecule has 2 aromatic carbocycles. The molecule has 1 atom stereocenters. The first-order valence-corrected chi connectivity index (χ1v) is 11.6. The third-order valence-electron chi connectivity index (χ3n) is 5.52. The Hall–Kier alpha value is -3.46. The fourth-order valence-electron chi connectivity index (χ4n) is 4.00. The molecule has 1 aromatic heterocycles. The van der Waals surface area contributed by atoms with Crippen molar-refractivity contribution in [2.45, 2.75) is 26.3 Å². The third kappa shape index (κ3) is 4.48. The summed E-state index contributed by atoms with van der Waals surface area (Å²) in [6.07, 6.45) is 1.42. The van der Waals surface area contributed by atoms with Crippen molar-refractivity contribution in [3.63, 3.8) is 0 Å². The van der Waals surface area contributed by atoms with E-state index in [0.717, 1.165) is 27.5 Å². The van der Waals surface area contributed by atoms with Crippen LogP contribution >= 0.6 is 15.9 Å². The molecular formula is C25H22BrFN2O5. The number of amides is 1. The van der Waals surface area contributed by atoms with Crippen LogP contribution in [0.1, 0.15) is 35.5 Å². The molecule has 0 radical (unpaired) electrons. The number of carbonyl (C=O) groups excluding carboxylic acids is 3. The molecule has 0 spiro atoms. The van der Waals surface area contributed by atoms with Crippen molar-refractivity contribution in [1.29, 1.82) is 0 Å². The van der Waals surface area contributed by atoms with E-state index in [1.165, 1.54) is 23.2 Å². The van der Waals surface area contributed by atoms with Crippen LogP contribution in [-0.2, 0) is 25.5 Å². The molecule has 7 nitrogen and oxygen atoms in total. The molecular weight excluding hydrogens is 507 g/mol. The molecule has 2 heterocycles. The maximum atomic E-state index is 13.5. The highest BCUT2D eigenvalue weighted by Crippen LogP contribution is 2.35. The third-order valence-corrected chi connectivity index (χ3v) is 6.01. The summed E-state index contributed by atoms with van der Waals surface area (Å²) in [5.74, 6) is -2.32. The first kappa shape index (κ1) is 23.7. The van der Waals surface area contributed by atoms with Gasteiger partial charge in [-0.2, -0.15) is 0 Å². The summed E-state index contributed by atoms with van der Waals surface area (Å²) in [7, 11) is 0. The van der Waals surface area contributed by atoms with E-state index >= 15 is 0 Å². The largest absolute Gasteiger partial charge is 0.464 e. The SMILES string of the molecule is CCOC(=O)C1=CN(C(=O)c2ccc(F)cc2)C(C(=O)OCC)Cc2c1[nH]c1cc(Br)ccc21. The molecule has 0 aliphatic carbocycles. The Morgan fingerprint density at radius 1 is 1.09 bits per heavy atom. The van der Waals surface area contributed by atoms with Gasteiger partial charge in [0.05, 0.1) is 24.5 Å². The van der Waals surface area contributed by atoms with E-state index < -0.39 is 29.7 Å². The molecule has 4 rings (SSSR count). The summed E-state index contributed by atoms with van der Waals surface area (Å²) in [4.78, 5) is 43.9. The van der Waals surface area contributed by atoms with Gasteiger partial charge in [0.2, 0.25) is 0 Å². The summed E-state index contributed by atoms with van der Waals surface area (Å²) in [6, 6.07) is 9.53. The van der Waals surface area contributed by atoms with Crippen LogP contribution in [0.3, 0.4) is 0 Å². The first-order chi connectivity index (χ1) is 16.3. The Balaban J connectivity index is 1.92. The number of nitrogens with one attached hydrogen (secondary N) is 1. The predicted molar refractivity (Wildman–Crippen MR) is 127 cm³/mol. The number of ether oxygens (including phenoxy) is 2. The van der Waals surface area contributed by atoms with E-state index in [-0.39, 0.29) is 30.8 Å². The van der Waals surface area contributed by atoms with E-state index in [2.05, 4.69) is 20.9 Å². The number of halogens is 2. The Labute approximate surface area is 203 Å². The summed E-state index contributed by atoms with van der Waals surface area (Å²) < 4.78 is 24.8. The summed E-state index contributed by atoms with van der Waals surface area (Å²) in [5, 5.41) is 0.804. The minimum absolute atomic E-state index is 0.0993. The zero-order chi connectivity index (χ0) is 24.4. The fraction of sp³-hybridized carbons (Fsp3) is 0.240. The molecule has 1 N–H and O–H groups in total. The van der Waals surface area contributed by atoms with Crippen LogP contribution in [0, 0.1) is 5.82 Å². The molecule has 1 aliphatic heterocycles. The van der Waals surface area contributed by atoms with Crippen molar-refractivity contribution in [3.8, 4) is 0 Å². The summed E-state index contributed by atoms with van der Waals surface area (Å²) >= 11 is 3.45. The van der Waals surface area contributed by atoms with Crippen molar-refractivity contribution < 1.29 is 28.2 Å². The van der Waals surface area contributed by atoms with Gasteiger partial charge < -0.3 is 14.5 Å². The molecule has 1 amide bonds. The smallest absolute Gasteiger partial charge is 0.341 e. The van der Waals surface area contributed by atoms with E-state index in [4.69, 9.17) is 9.47 Å². The minimum Gasteiger partial charge on any atom is -0.464 e. The van der Waals surface area contributed by atoms with Gasteiger partial charge in [0.1, 0.15) is 11.9 Å². The normalized spacial score (nSPS) is 15.4. The Morgan fingerprint density at radius 2 is 1.79 bits per heavy atom. The Bertz CT molecular complexity index is 1300. The van der Waals surface area contributed by atoms with Gasteiger partial charge in [-0.15, -0.1) is 0 Å². The number of fused-ring (bicyclic) bond motifs is 3. The summed E-state index contributed by atoms with van der Waals surface area (Å²) in [6.45, 7) is 3.61. The second kappa shape index (κ2) is 9.80. The van der Waals surface area contributed by atoms with E-state index in [1.54, 1.807) is 13.8 Å². The monoisotopic (exact) mass is 528 g/mol. The second-order valence-electron chi connectivity index (χ2n) is 7.62. The maximum absolute atomic E-state index is 13.5. The average Bonchev–Trinajstić information content (AvgIpc) is 3.06. The highest BCUT2D eigenvalue weighted by molar-refractivity contribution is 9.10. The number of hydrogen-bond acceptors (Lipinski definition) is 5. The molecule has 34 heavy (non-hydrogen) atoms. The maximum Gasteiger partial charge on any atom is 0.341 e. The molecule has 0 saturated carbocycles. The molecule has 0 bridgehead atoms. The van der Waals surface area contributed by atoms with Crippen molar-refractivity contribution in [3.05, 3.63) is 75.8 Å². The van der Waals surface area contributed by atoms with Crippen molar-refractivity contribution in [1.82, 2.24) is 9.88 Å². The van der Waals surface area contributed by atoms with Gasteiger partial charge in [0, 0.05) is 33.6 Å². The number of rotatable bonds is 5. The minimum atomic E-state index is -1.05. The van der Waals surface area contributed by atoms with Gasteiger partial charge in [-0.1, -0.05) is 22.0 Å². The van der Waals surface area contributed by atoms with Crippen LogP contribution in [0.2, 0.25) is 0 Å². The van der Waals surface area contributed by atoms with Crippen LogP contribution in [0.15, 0.2) is 53.1 Å². The van der Waals surface area contributed by atoms with E-state index in [9.17, 15) is 18.8 Å². The van der Waals surface area contributed by atoms with Crippen LogP contribution in [0.25, 0.3) is 16.5 Å². The first-order valence-electron chi connectivity index (χ1n) is 10.8. The number of nitrogens with zero attached hydrogens (tertiary/aromatic N) is 1.